The predicted octanol–water partition coefficient (Wildman–Crippen LogP) is 3.59. The largest absolute Gasteiger partial charge is 0.458 e. The van der Waals surface area contributed by atoms with Crippen LogP contribution in [0.25, 0.3) is 0 Å². The maximum absolute atomic E-state index is 12.2. The second-order valence-electron chi connectivity index (χ2n) is 5.60. The van der Waals surface area contributed by atoms with Crippen molar-refractivity contribution in [3.8, 4) is 0 Å². The van der Waals surface area contributed by atoms with Crippen molar-refractivity contribution in [3.63, 3.8) is 0 Å². The molecule has 24 heavy (non-hydrogen) atoms. The summed E-state index contributed by atoms with van der Waals surface area (Å²) in [7, 11) is 0. The van der Waals surface area contributed by atoms with Crippen molar-refractivity contribution < 1.29 is 9.53 Å². The van der Waals surface area contributed by atoms with Crippen LogP contribution in [0, 0.1) is 6.92 Å². The number of esters is 1. The molecule has 0 saturated heterocycles. The molecule has 2 N–H and O–H groups in total. The molecule has 0 bridgehead atoms. The second-order valence-corrected chi connectivity index (χ2v) is 6.00. The Morgan fingerprint density at radius 3 is 2.58 bits per heavy atom. The van der Waals surface area contributed by atoms with E-state index < -0.39 is 5.97 Å². The summed E-state index contributed by atoms with van der Waals surface area (Å²) in [4.78, 5) is 12.2. The zero-order chi connectivity index (χ0) is 17.7. The molecule has 0 fully saturated rings. The molecule has 0 atom stereocenters. The van der Waals surface area contributed by atoms with Crippen LogP contribution < -0.4 is 10.6 Å². The summed E-state index contributed by atoms with van der Waals surface area (Å²) in [5.74, 6) is -0.474. The van der Waals surface area contributed by atoms with E-state index in [1.807, 2.05) is 38.1 Å². The van der Waals surface area contributed by atoms with Crippen LogP contribution in [-0.2, 0) is 11.3 Å². The van der Waals surface area contributed by atoms with Crippen LogP contribution in [0.2, 0.25) is 0 Å². The Labute approximate surface area is 147 Å². The third kappa shape index (κ3) is 4.55. The maximum atomic E-state index is 12.2. The van der Waals surface area contributed by atoms with E-state index in [4.69, 9.17) is 17.0 Å². The lowest BCUT2D eigenvalue weighted by Crippen LogP contribution is -2.21. The number of carbonyl (C=O) groups is 1. The summed E-state index contributed by atoms with van der Waals surface area (Å²) in [6.45, 7) is 8.17. The van der Waals surface area contributed by atoms with Crippen molar-refractivity contribution in [1.82, 2.24) is 9.78 Å². The molecule has 1 aromatic heterocycles. The lowest BCUT2D eigenvalue weighted by Gasteiger charge is -2.12. The smallest absolute Gasteiger partial charge is 0.361 e. The van der Waals surface area contributed by atoms with Gasteiger partial charge in [0, 0.05) is 18.4 Å². The summed E-state index contributed by atoms with van der Waals surface area (Å²) < 4.78 is 6.90. The Kier molecular flexibility index (Phi) is 5.92. The zero-order valence-electron chi connectivity index (χ0n) is 14.3. The van der Waals surface area contributed by atoms with Gasteiger partial charge >= 0.3 is 5.97 Å². The zero-order valence-corrected chi connectivity index (χ0v) is 15.1. The van der Waals surface area contributed by atoms with E-state index in [9.17, 15) is 4.79 Å². The first kappa shape index (κ1) is 17.9. The van der Waals surface area contributed by atoms with Gasteiger partial charge in [-0.25, -0.2) is 4.79 Å². The Balaban J connectivity index is 2.16. The van der Waals surface area contributed by atoms with Gasteiger partial charge < -0.3 is 15.4 Å². The monoisotopic (exact) mass is 346 g/mol. The van der Waals surface area contributed by atoms with Crippen molar-refractivity contribution in [1.29, 1.82) is 0 Å². The molecule has 128 valence electrons. The molecule has 0 radical (unpaired) electrons. The second kappa shape index (κ2) is 7.92. The van der Waals surface area contributed by atoms with E-state index in [0.717, 1.165) is 11.3 Å². The number of nitrogens with one attached hydrogen (secondary N) is 2. The first-order chi connectivity index (χ1) is 11.4. The van der Waals surface area contributed by atoms with Gasteiger partial charge in [-0.1, -0.05) is 18.2 Å². The summed E-state index contributed by atoms with van der Waals surface area (Å²) in [6.07, 6.45) is 1.53. The van der Waals surface area contributed by atoms with Gasteiger partial charge in [-0.2, -0.15) is 5.10 Å². The van der Waals surface area contributed by atoms with Crippen LogP contribution in [0.15, 0.2) is 30.5 Å². The average molecular weight is 346 g/mol. The number of hydrogen-bond acceptors (Lipinski definition) is 4. The highest BCUT2D eigenvalue weighted by molar-refractivity contribution is 7.80. The van der Waals surface area contributed by atoms with E-state index in [1.54, 1.807) is 24.7 Å². The lowest BCUT2D eigenvalue weighted by atomic mass is 10.2. The molecule has 0 amide bonds. The lowest BCUT2D eigenvalue weighted by molar-refractivity contribution is 0.0371. The molecule has 0 aliphatic carbocycles. The highest BCUT2D eigenvalue weighted by Gasteiger charge is 2.20. The number of carbonyl (C=O) groups excluding carboxylic acids is 1. The Hall–Kier alpha value is -2.41. The molecule has 1 aromatic carbocycles. The highest BCUT2D eigenvalue weighted by Crippen LogP contribution is 2.18. The summed E-state index contributed by atoms with van der Waals surface area (Å²) >= 11 is 5.35. The molecular formula is C17H22N4O2S. The van der Waals surface area contributed by atoms with Crippen molar-refractivity contribution in [2.45, 2.75) is 40.3 Å². The minimum atomic E-state index is -0.474. The van der Waals surface area contributed by atoms with Gasteiger partial charge in [0.25, 0.3) is 0 Å². The van der Waals surface area contributed by atoms with Crippen molar-refractivity contribution in [2.24, 2.45) is 0 Å². The van der Waals surface area contributed by atoms with Gasteiger partial charge in [-0.15, -0.1) is 0 Å². The third-order valence-corrected chi connectivity index (χ3v) is 3.47. The Bertz CT molecular complexity index is 740. The molecule has 0 saturated carbocycles. The standard InChI is InChI=1S/C17H22N4O2S/c1-5-21-10-14(15(20-21)16(22)23-11(2)3)19-17(24)18-13-9-7-6-8-12(13)4/h6-11H,5H2,1-4H3,(H2,18,19,24). The summed E-state index contributed by atoms with van der Waals surface area (Å²) in [5.41, 5.74) is 2.72. The van der Waals surface area contributed by atoms with Crippen molar-refractivity contribution in [2.75, 3.05) is 10.6 Å². The third-order valence-electron chi connectivity index (χ3n) is 3.26. The van der Waals surface area contributed by atoms with E-state index in [-0.39, 0.29) is 11.8 Å². The molecule has 2 aromatic rings. The van der Waals surface area contributed by atoms with Crippen molar-refractivity contribution >= 4 is 34.7 Å². The van der Waals surface area contributed by atoms with E-state index in [2.05, 4.69) is 15.7 Å². The molecule has 6 nitrogen and oxygen atoms in total. The Morgan fingerprint density at radius 2 is 1.96 bits per heavy atom. The van der Waals surface area contributed by atoms with E-state index in [1.165, 1.54) is 0 Å². The van der Waals surface area contributed by atoms with Crippen LogP contribution in [0.3, 0.4) is 0 Å². The molecule has 0 aliphatic heterocycles. The maximum Gasteiger partial charge on any atom is 0.361 e. The van der Waals surface area contributed by atoms with Crippen molar-refractivity contribution in [3.05, 3.63) is 41.7 Å². The molecule has 7 heteroatoms. The number of aromatic nitrogens is 2. The number of thiocarbonyl (C=S) groups is 1. The highest BCUT2D eigenvalue weighted by atomic mass is 32.1. The van der Waals surface area contributed by atoms with Crippen LogP contribution in [0.5, 0.6) is 0 Å². The number of anilines is 2. The van der Waals surface area contributed by atoms with Gasteiger partial charge in [-0.3, -0.25) is 4.68 Å². The number of hydrogen-bond donors (Lipinski definition) is 2. The predicted molar refractivity (Wildman–Crippen MR) is 99.5 cm³/mol. The first-order valence-electron chi connectivity index (χ1n) is 7.82. The number of aryl methyl sites for hydroxylation is 2. The minimum Gasteiger partial charge on any atom is -0.458 e. The fourth-order valence-corrected chi connectivity index (χ4v) is 2.30. The van der Waals surface area contributed by atoms with Crippen LogP contribution >= 0.6 is 12.2 Å². The molecule has 0 spiro atoms. The number of nitrogens with zero attached hydrogens (tertiary/aromatic N) is 2. The minimum absolute atomic E-state index is 0.214. The normalized spacial score (nSPS) is 10.5. The quantitative estimate of drug-likeness (QED) is 0.637. The number of benzene rings is 1. The van der Waals surface area contributed by atoms with Gasteiger partial charge in [-0.05, 0) is 51.5 Å². The topological polar surface area (TPSA) is 68.2 Å². The van der Waals surface area contributed by atoms with E-state index in [0.29, 0.717) is 17.3 Å². The summed E-state index contributed by atoms with van der Waals surface area (Å²) in [5, 5.41) is 10.8. The number of ether oxygens (including phenoxy) is 1. The van der Waals surface area contributed by atoms with Gasteiger partial charge in [0.2, 0.25) is 0 Å². The molecular weight excluding hydrogens is 324 g/mol. The van der Waals surface area contributed by atoms with E-state index >= 15 is 0 Å². The van der Waals surface area contributed by atoms with Crippen LogP contribution in [0.4, 0.5) is 11.4 Å². The molecule has 2 rings (SSSR count). The fraction of sp³-hybridized carbons (Fsp3) is 0.353. The van der Waals surface area contributed by atoms with Gasteiger partial charge in [0.05, 0.1) is 11.8 Å². The van der Waals surface area contributed by atoms with Gasteiger partial charge in [0.15, 0.2) is 10.8 Å². The Morgan fingerprint density at radius 1 is 1.29 bits per heavy atom. The molecule has 1 heterocycles. The molecule has 0 unspecified atom stereocenters. The SMILES string of the molecule is CCn1cc(NC(=S)Nc2ccccc2C)c(C(=O)OC(C)C)n1. The summed E-state index contributed by atoms with van der Waals surface area (Å²) in [6, 6.07) is 7.82. The van der Waals surface area contributed by atoms with Gasteiger partial charge in [0.1, 0.15) is 0 Å². The number of para-hydroxylation sites is 1. The van der Waals surface area contributed by atoms with Crippen LogP contribution in [0.1, 0.15) is 36.8 Å². The molecule has 0 aliphatic rings. The van der Waals surface area contributed by atoms with Crippen LogP contribution in [-0.4, -0.2) is 27.0 Å². The first-order valence-corrected chi connectivity index (χ1v) is 8.23. The fourth-order valence-electron chi connectivity index (χ4n) is 2.08. The average Bonchev–Trinajstić information content (AvgIpc) is 2.92. The number of rotatable bonds is 5.